The number of ether oxygens (including phenoxy) is 1. The first-order valence-corrected chi connectivity index (χ1v) is 9.16. The van der Waals surface area contributed by atoms with Crippen LogP contribution < -0.4 is 10.6 Å². The number of hydrogen-bond acceptors (Lipinski definition) is 6. The molecule has 0 saturated heterocycles. The molecular formula is C21H20FN3O5. The van der Waals surface area contributed by atoms with E-state index in [-0.39, 0.29) is 37.0 Å². The average molecular weight is 413 g/mol. The largest absolute Gasteiger partial charge is 0.468 e. The molecule has 0 aliphatic carbocycles. The second-order valence-electron chi connectivity index (χ2n) is 6.56. The van der Waals surface area contributed by atoms with Crippen LogP contribution in [0.25, 0.3) is 0 Å². The number of rotatable bonds is 7. The summed E-state index contributed by atoms with van der Waals surface area (Å²) in [5, 5.41) is 9.06. The fourth-order valence-electron chi connectivity index (χ4n) is 2.78. The molecule has 1 unspecified atom stereocenters. The molecule has 8 nitrogen and oxygen atoms in total. The Hall–Kier alpha value is -3.75. The maximum absolute atomic E-state index is 13.3. The molecule has 0 fully saturated rings. The SMILES string of the molecule is COC(=O)CNC(=O)Cc1ccc(NC(=O)C2CC(c3cccc(F)c3)=NO2)cc1. The maximum atomic E-state index is 13.3. The maximum Gasteiger partial charge on any atom is 0.325 e. The van der Waals surface area contributed by atoms with Gasteiger partial charge in [0.15, 0.2) is 0 Å². The van der Waals surface area contributed by atoms with Gasteiger partial charge in [-0.05, 0) is 29.8 Å². The van der Waals surface area contributed by atoms with Gasteiger partial charge >= 0.3 is 5.97 Å². The zero-order valence-electron chi connectivity index (χ0n) is 16.2. The number of benzene rings is 2. The van der Waals surface area contributed by atoms with Crippen LogP contribution in [0.2, 0.25) is 0 Å². The van der Waals surface area contributed by atoms with Crippen molar-refractivity contribution in [1.82, 2.24) is 5.32 Å². The lowest BCUT2D eigenvalue weighted by Gasteiger charge is -2.10. The van der Waals surface area contributed by atoms with E-state index in [0.717, 1.165) is 0 Å². The number of esters is 1. The Morgan fingerprint density at radius 1 is 1.20 bits per heavy atom. The lowest BCUT2D eigenvalue weighted by Crippen LogP contribution is -2.31. The molecular weight excluding hydrogens is 393 g/mol. The third-order valence-corrected chi connectivity index (χ3v) is 4.36. The molecule has 2 aromatic rings. The number of carbonyl (C=O) groups excluding carboxylic acids is 3. The number of hydrogen-bond donors (Lipinski definition) is 2. The summed E-state index contributed by atoms with van der Waals surface area (Å²) in [6.45, 7) is -0.190. The van der Waals surface area contributed by atoms with Crippen LogP contribution in [0.5, 0.6) is 0 Å². The Balaban J connectivity index is 1.49. The minimum Gasteiger partial charge on any atom is -0.468 e. The Bertz CT molecular complexity index is 975. The summed E-state index contributed by atoms with van der Waals surface area (Å²) in [6.07, 6.45) is -0.498. The molecule has 2 aromatic carbocycles. The van der Waals surface area contributed by atoms with Crippen LogP contribution in [0.1, 0.15) is 17.5 Å². The summed E-state index contributed by atoms with van der Waals surface area (Å²) in [4.78, 5) is 40.4. The number of halogens is 1. The Kier molecular flexibility index (Phi) is 6.74. The number of oxime groups is 1. The number of methoxy groups -OCH3 is 1. The molecule has 3 rings (SSSR count). The second kappa shape index (κ2) is 9.64. The fourth-order valence-corrected chi connectivity index (χ4v) is 2.78. The van der Waals surface area contributed by atoms with E-state index in [0.29, 0.717) is 22.5 Å². The van der Waals surface area contributed by atoms with Crippen molar-refractivity contribution in [2.75, 3.05) is 19.0 Å². The molecule has 0 bridgehead atoms. The van der Waals surface area contributed by atoms with Gasteiger partial charge in [0.2, 0.25) is 12.0 Å². The Morgan fingerprint density at radius 2 is 1.97 bits per heavy atom. The molecule has 156 valence electrons. The summed E-state index contributed by atoms with van der Waals surface area (Å²) in [5.41, 5.74) is 2.31. The molecule has 0 radical (unpaired) electrons. The number of nitrogens with one attached hydrogen (secondary N) is 2. The van der Waals surface area contributed by atoms with Gasteiger partial charge in [-0.25, -0.2) is 4.39 Å². The van der Waals surface area contributed by atoms with Crippen LogP contribution in [-0.4, -0.2) is 43.3 Å². The van der Waals surface area contributed by atoms with E-state index in [4.69, 9.17) is 4.84 Å². The highest BCUT2D eigenvalue weighted by atomic mass is 19.1. The summed E-state index contributed by atoms with van der Waals surface area (Å²) in [5.74, 6) is -1.62. The van der Waals surface area contributed by atoms with Crippen LogP contribution in [0.4, 0.5) is 10.1 Å². The topological polar surface area (TPSA) is 106 Å². The van der Waals surface area contributed by atoms with Gasteiger partial charge in [0.05, 0.1) is 19.2 Å². The third-order valence-electron chi connectivity index (χ3n) is 4.36. The van der Waals surface area contributed by atoms with Gasteiger partial charge in [-0.2, -0.15) is 0 Å². The molecule has 30 heavy (non-hydrogen) atoms. The first kappa shape index (κ1) is 21.0. The van der Waals surface area contributed by atoms with Gasteiger partial charge in [0, 0.05) is 17.7 Å². The quantitative estimate of drug-likeness (QED) is 0.673. The molecule has 2 N–H and O–H groups in total. The zero-order valence-corrected chi connectivity index (χ0v) is 16.2. The molecule has 0 saturated carbocycles. The molecule has 0 spiro atoms. The third kappa shape index (κ3) is 5.63. The Labute approximate surface area is 172 Å². The summed E-state index contributed by atoms with van der Waals surface area (Å²) in [6, 6.07) is 12.6. The van der Waals surface area contributed by atoms with E-state index in [1.165, 1.54) is 19.2 Å². The van der Waals surface area contributed by atoms with Gasteiger partial charge in [-0.15, -0.1) is 0 Å². The van der Waals surface area contributed by atoms with E-state index in [1.54, 1.807) is 36.4 Å². The molecule has 1 aliphatic heterocycles. The predicted octanol–water partition coefficient (Wildman–Crippen LogP) is 1.79. The number of anilines is 1. The van der Waals surface area contributed by atoms with E-state index < -0.39 is 12.1 Å². The Morgan fingerprint density at radius 3 is 2.67 bits per heavy atom. The first-order chi connectivity index (χ1) is 14.4. The van der Waals surface area contributed by atoms with Crippen LogP contribution in [0.3, 0.4) is 0 Å². The molecule has 2 amide bonds. The van der Waals surface area contributed by atoms with Gasteiger partial charge in [-0.1, -0.05) is 29.4 Å². The minimum absolute atomic E-state index is 0.0851. The minimum atomic E-state index is -0.813. The zero-order chi connectivity index (χ0) is 21.5. The van der Waals surface area contributed by atoms with Crippen molar-refractivity contribution in [3.05, 3.63) is 65.5 Å². The lowest BCUT2D eigenvalue weighted by molar-refractivity contribution is -0.141. The highest BCUT2D eigenvalue weighted by Gasteiger charge is 2.29. The highest BCUT2D eigenvalue weighted by molar-refractivity contribution is 6.06. The van der Waals surface area contributed by atoms with E-state index >= 15 is 0 Å². The van der Waals surface area contributed by atoms with Crippen molar-refractivity contribution in [1.29, 1.82) is 0 Å². The van der Waals surface area contributed by atoms with Crippen molar-refractivity contribution in [3.63, 3.8) is 0 Å². The summed E-state index contributed by atoms with van der Waals surface area (Å²) < 4.78 is 17.8. The van der Waals surface area contributed by atoms with Crippen LogP contribution in [-0.2, 0) is 30.4 Å². The van der Waals surface area contributed by atoms with Gasteiger partial charge < -0.3 is 20.2 Å². The second-order valence-corrected chi connectivity index (χ2v) is 6.56. The van der Waals surface area contributed by atoms with Gasteiger partial charge in [0.25, 0.3) is 5.91 Å². The van der Waals surface area contributed by atoms with Crippen molar-refractivity contribution in [2.45, 2.75) is 18.9 Å². The smallest absolute Gasteiger partial charge is 0.325 e. The van der Waals surface area contributed by atoms with Crippen LogP contribution >= 0.6 is 0 Å². The molecule has 9 heteroatoms. The normalized spacial score (nSPS) is 15.0. The molecule has 1 aliphatic rings. The van der Waals surface area contributed by atoms with E-state index in [2.05, 4.69) is 20.5 Å². The first-order valence-electron chi connectivity index (χ1n) is 9.16. The standard InChI is InChI=1S/C21H20FN3O5/c1-29-20(27)12-23-19(26)9-13-5-7-16(8-6-13)24-21(28)18-11-17(25-30-18)14-3-2-4-15(22)10-14/h2-8,10,18H,9,11-12H2,1H3,(H,23,26)(H,24,28). The van der Waals surface area contributed by atoms with E-state index in [9.17, 15) is 18.8 Å². The molecule has 0 aromatic heterocycles. The van der Waals surface area contributed by atoms with Crippen molar-refractivity contribution in [2.24, 2.45) is 5.16 Å². The summed E-state index contributed by atoms with van der Waals surface area (Å²) >= 11 is 0. The van der Waals surface area contributed by atoms with Crippen LogP contribution in [0.15, 0.2) is 53.7 Å². The van der Waals surface area contributed by atoms with Gasteiger partial charge in [-0.3, -0.25) is 14.4 Å². The molecule has 1 heterocycles. The average Bonchev–Trinajstić information content (AvgIpc) is 3.24. The molecule has 1 atom stereocenters. The van der Waals surface area contributed by atoms with Gasteiger partial charge in [0.1, 0.15) is 12.4 Å². The summed E-state index contributed by atoms with van der Waals surface area (Å²) in [7, 11) is 1.24. The van der Waals surface area contributed by atoms with E-state index in [1.807, 2.05) is 0 Å². The lowest BCUT2D eigenvalue weighted by atomic mass is 10.0. The van der Waals surface area contributed by atoms with Crippen molar-refractivity contribution >= 4 is 29.2 Å². The highest BCUT2D eigenvalue weighted by Crippen LogP contribution is 2.19. The fraction of sp³-hybridized carbons (Fsp3) is 0.238. The van der Waals surface area contributed by atoms with Crippen molar-refractivity contribution in [3.8, 4) is 0 Å². The predicted molar refractivity (Wildman–Crippen MR) is 106 cm³/mol. The van der Waals surface area contributed by atoms with Crippen molar-refractivity contribution < 1.29 is 28.3 Å². The number of nitrogens with zero attached hydrogens (tertiary/aromatic N) is 1. The number of carbonyl (C=O) groups is 3. The van der Waals surface area contributed by atoms with Crippen LogP contribution in [0, 0.1) is 5.82 Å². The number of amides is 2. The monoisotopic (exact) mass is 413 g/mol.